The highest BCUT2D eigenvalue weighted by Gasteiger charge is 2.21. The summed E-state index contributed by atoms with van der Waals surface area (Å²) in [7, 11) is 2.16. The van der Waals surface area contributed by atoms with Gasteiger partial charge in [0.05, 0.1) is 5.02 Å². The van der Waals surface area contributed by atoms with Crippen LogP contribution in [0.5, 0.6) is 0 Å². The van der Waals surface area contributed by atoms with Gasteiger partial charge in [0.2, 0.25) is 0 Å². The quantitative estimate of drug-likeness (QED) is 0.816. The van der Waals surface area contributed by atoms with Gasteiger partial charge in [0.1, 0.15) is 0 Å². The van der Waals surface area contributed by atoms with E-state index < -0.39 is 0 Å². The Hall–Kier alpha value is -1.13. The van der Waals surface area contributed by atoms with Gasteiger partial charge in [-0.1, -0.05) is 11.6 Å². The highest BCUT2D eigenvalue weighted by atomic mass is 35.5. The molecule has 0 radical (unpaired) electrons. The minimum absolute atomic E-state index is 0.688. The summed E-state index contributed by atoms with van der Waals surface area (Å²) in [5, 5.41) is 5.15. The van der Waals surface area contributed by atoms with Gasteiger partial charge in [-0.25, -0.2) is 9.50 Å². The fraction of sp³-hybridized carbons (Fsp3) is 0.500. The Bertz CT molecular complexity index is 536. The molecule has 0 aromatic carbocycles. The molecule has 17 heavy (non-hydrogen) atoms. The molecule has 90 valence electrons. The first-order chi connectivity index (χ1) is 8.20. The summed E-state index contributed by atoms with van der Waals surface area (Å²) in [4.78, 5) is 6.88. The fourth-order valence-electron chi connectivity index (χ4n) is 2.44. The minimum atomic E-state index is 0.688. The molecule has 1 saturated heterocycles. The number of hydrogen-bond acceptors (Lipinski definition) is 3. The molecule has 0 aliphatic carbocycles. The second-order valence-corrected chi connectivity index (χ2v) is 5.24. The number of fused-ring (bicyclic) bond motifs is 1. The van der Waals surface area contributed by atoms with Crippen molar-refractivity contribution in [2.45, 2.75) is 12.8 Å². The van der Waals surface area contributed by atoms with E-state index in [4.69, 9.17) is 11.6 Å². The van der Waals surface area contributed by atoms with Crippen LogP contribution in [0.25, 0.3) is 5.65 Å². The van der Waals surface area contributed by atoms with Crippen molar-refractivity contribution in [1.29, 1.82) is 0 Å². The lowest BCUT2D eigenvalue weighted by atomic mass is 10.1. The van der Waals surface area contributed by atoms with Crippen LogP contribution in [-0.2, 0) is 6.42 Å². The van der Waals surface area contributed by atoms with Gasteiger partial charge >= 0.3 is 0 Å². The van der Waals surface area contributed by atoms with E-state index in [1.807, 2.05) is 12.1 Å². The number of hydrogen-bond donors (Lipinski definition) is 0. The lowest BCUT2D eigenvalue weighted by Crippen LogP contribution is -2.15. The summed E-state index contributed by atoms with van der Waals surface area (Å²) < 4.78 is 1.76. The SMILES string of the molecule is CN1CCC(Cc2nc3ccc(Cl)cn3n2)C1. The number of pyridine rings is 1. The second kappa shape index (κ2) is 4.27. The third-order valence-electron chi connectivity index (χ3n) is 3.30. The van der Waals surface area contributed by atoms with Gasteiger partial charge in [-0.05, 0) is 38.1 Å². The largest absolute Gasteiger partial charge is 0.306 e. The summed E-state index contributed by atoms with van der Waals surface area (Å²) in [6.45, 7) is 2.33. The molecule has 2 aromatic heterocycles. The topological polar surface area (TPSA) is 33.4 Å². The molecule has 1 atom stereocenters. The average molecular weight is 251 g/mol. The minimum Gasteiger partial charge on any atom is -0.306 e. The van der Waals surface area contributed by atoms with Crippen LogP contribution in [0.3, 0.4) is 0 Å². The zero-order chi connectivity index (χ0) is 11.8. The summed E-state index contributed by atoms with van der Waals surface area (Å²) in [6.07, 6.45) is 4.00. The van der Waals surface area contributed by atoms with Gasteiger partial charge in [0, 0.05) is 19.2 Å². The van der Waals surface area contributed by atoms with Crippen molar-refractivity contribution in [3.63, 3.8) is 0 Å². The van der Waals surface area contributed by atoms with E-state index in [1.54, 1.807) is 10.7 Å². The number of rotatable bonds is 2. The first-order valence-corrected chi connectivity index (χ1v) is 6.28. The smallest absolute Gasteiger partial charge is 0.155 e. The van der Waals surface area contributed by atoms with Crippen LogP contribution in [0.4, 0.5) is 0 Å². The van der Waals surface area contributed by atoms with Crippen molar-refractivity contribution in [1.82, 2.24) is 19.5 Å². The van der Waals surface area contributed by atoms with Crippen molar-refractivity contribution in [3.8, 4) is 0 Å². The van der Waals surface area contributed by atoms with Crippen molar-refractivity contribution in [2.24, 2.45) is 5.92 Å². The molecule has 0 N–H and O–H groups in total. The zero-order valence-corrected chi connectivity index (χ0v) is 10.6. The van der Waals surface area contributed by atoms with E-state index in [2.05, 4.69) is 22.0 Å². The highest BCUT2D eigenvalue weighted by molar-refractivity contribution is 6.30. The van der Waals surface area contributed by atoms with E-state index in [0.717, 1.165) is 24.4 Å². The van der Waals surface area contributed by atoms with E-state index in [1.165, 1.54) is 13.0 Å². The van der Waals surface area contributed by atoms with Gasteiger partial charge in [-0.3, -0.25) is 0 Å². The standard InChI is InChI=1S/C12H15ClN4/c1-16-5-4-9(7-16)6-11-14-12-3-2-10(13)8-17(12)15-11/h2-3,8-9H,4-7H2,1H3. The fourth-order valence-corrected chi connectivity index (χ4v) is 2.60. The Morgan fingerprint density at radius 2 is 2.35 bits per heavy atom. The normalized spacial score (nSPS) is 21.4. The third-order valence-corrected chi connectivity index (χ3v) is 3.52. The predicted molar refractivity (Wildman–Crippen MR) is 67.3 cm³/mol. The van der Waals surface area contributed by atoms with E-state index >= 15 is 0 Å². The highest BCUT2D eigenvalue weighted by Crippen LogP contribution is 2.18. The van der Waals surface area contributed by atoms with Crippen LogP contribution in [0.1, 0.15) is 12.2 Å². The van der Waals surface area contributed by atoms with Crippen LogP contribution >= 0.6 is 11.6 Å². The Labute approximate surface area is 105 Å². The van der Waals surface area contributed by atoms with Gasteiger partial charge in [0.25, 0.3) is 0 Å². The molecule has 1 aliphatic rings. The van der Waals surface area contributed by atoms with Crippen LogP contribution in [0.2, 0.25) is 5.02 Å². The molecule has 0 amide bonds. The van der Waals surface area contributed by atoms with Crippen molar-refractivity contribution in [2.75, 3.05) is 20.1 Å². The molecule has 5 heteroatoms. The Morgan fingerprint density at radius 3 is 3.12 bits per heavy atom. The number of halogens is 1. The molecule has 2 aromatic rings. The van der Waals surface area contributed by atoms with Crippen LogP contribution in [0, 0.1) is 5.92 Å². The average Bonchev–Trinajstić information content (AvgIpc) is 2.84. The third kappa shape index (κ3) is 2.28. The lowest BCUT2D eigenvalue weighted by molar-refractivity contribution is 0.392. The van der Waals surface area contributed by atoms with Crippen molar-refractivity contribution in [3.05, 3.63) is 29.2 Å². The molecule has 1 unspecified atom stereocenters. The molecule has 1 fully saturated rings. The van der Waals surface area contributed by atoms with Gasteiger partial charge in [0.15, 0.2) is 11.5 Å². The monoisotopic (exact) mass is 250 g/mol. The maximum Gasteiger partial charge on any atom is 0.155 e. The Kier molecular flexibility index (Phi) is 2.76. The predicted octanol–water partition coefficient (Wildman–Crippen LogP) is 1.88. The molecule has 3 rings (SSSR count). The molecule has 0 saturated carbocycles. The van der Waals surface area contributed by atoms with E-state index in [0.29, 0.717) is 10.9 Å². The van der Waals surface area contributed by atoms with Crippen molar-refractivity contribution < 1.29 is 0 Å². The summed E-state index contributed by atoms with van der Waals surface area (Å²) in [5.74, 6) is 1.61. The molecular formula is C12H15ClN4. The lowest BCUT2D eigenvalue weighted by Gasteiger charge is -2.07. The number of nitrogens with zero attached hydrogens (tertiary/aromatic N) is 4. The zero-order valence-electron chi connectivity index (χ0n) is 9.80. The van der Waals surface area contributed by atoms with E-state index in [9.17, 15) is 0 Å². The summed E-state index contributed by atoms with van der Waals surface area (Å²) in [5.41, 5.74) is 0.871. The molecule has 3 heterocycles. The summed E-state index contributed by atoms with van der Waals surface area (Å²) >= 11 is 5.92. The molecular weight excluding hydrogens is 236 g/mol. The van der Waals surface area contributed by atoms with Crippen LogP contribution < -0.4 is 0 Å². The Morgan fingerprint density at radius 1 is 1.47 bits per heavy atom. The maximum absolute atomic E-state index is 5.92. The summed E-state index contributed by atoms with van der Waals surface area (Å²) in [6, 6.07) is 3.75. The molecule has 0 spiro atoms. The van der Waals surface area contributed by atoms with Crippen molar-refractivity contribution >= 4 is 17.2 Å². The van der Waals surface area contributed by atoms with Crippen LogP contribution in [0.15, 0.2) is 18.3 Å². The molecule has 1 aliphatic heterocycles. The van der Waals surface area contributed by atoms with E-state index in [-0.39, 0.29) is 0 Å². The van der Waals surface area contributed by atoms with Crippen LogP contribution in [-0.4, -0.2) is 39.6 Å². The molecule has 0 bridgehead atoms. The van der Waals surface area contributed by atoms with Gasteiger partial charge < -0.3 is 4.90 Å². The Balaban J connectivity index is 1.81. The first-order valence-electron chi connectivity index (χ1n) is 5.90. The molecule has 4 nitrogen and oxygen atoms in total. The number of likely N-dealkylation sites (tertiary alicyclic amines) is 1. The van der Waals surface area contributed by atoms with Gasteiger partial charge in [-0.15, -0.1) is 0 Å². The second-order valence-electron chi connectivity index (χ2n) is 4.80. The van der Waals surface area contributed by atoms with Gasteiger partial charge in [-0.2, -0.15) is 5.10 Å². The first kappa shape index (κ1) is 11.0. The number of aromatic nitrogens is 3. The maximum atomic E-state index is 5.92.